The fourth-order valence-corrected chi connectivity index (χ4v) is 0.658. The van der Waals surface area contributed by atoms with Crippen LogP contribution in [0, 0.1) is 5.92 Å². The van der Waals surface area contributed by atoms with Gasteiger partial charge in [-0.2, -0.15) is 0 Å². The predicted molar refractivity (Wildman–Crippen MR) is 107 cm³/mol. The first-order valence-corrected chi connectivity index (χ1v) is 8.44. The van der Waals surface area contributed by atoms with Crippen LogP contribution >= 0.6 is 0 Å². The van der Waals surface area contributed by atoms with Crippen LogP contribution in [-0.2, 0) is 23.9 Å². The first kappa shape index (κ1) is 29.4. The lowest BCUT2D eigenvalue weighted by atomic mass is 10.2. The van der Waals surface area contributed by atoms with Gasteiger partial charge in [0.25, 0.3) is 0 Å². The molecule has 1 atom stereocenters. The number of hydrogen-bond acceptors (Lipinski definition) is 6. The van der Waals surface area contributed by atoms with E-state index in [1.807, 2.05) is 13.8 Å². The molecule has 0 radical (unpaired) electrons. The summed E-state index contributed by atoms with van der Waals surface area (Å²) in [7, 11) is 1.33. The third-order valence-corrected chi connectivity index (χ3v) is 2.41. The van der Waals surface area contributed by atoms with E-state index in [9.17, 15) is 14.4 Å². The van der Waals surface area contributed by atoms with Crippen molar-refractivity contribution in [3.8, 4) is 0 Å². The van der Waals surface area contributed by atoms with E-state index >= 15 is 0 Å². The van der Waals surface area contributed by atoms with Crippen molar-refractivity contribution in [2.45, 2.75) is 47.6 Å². The minimum atomic E-state index is -0.935. The van der Waals surface area contributed by atoms with Gasteiger partial charge in [0, 0.05) is 29.3 Å². The Bertz CT molecular complexity index is 507. The molecule has 1 rings (SSSR count). The summed E-state index contributed by atoms with van der Waals surface area (Å²) >= 11 is 0. The monoisotopic (exact) mass is 385 g/mol. The standard InChI is InChI=1S/C8H14O2.C5H8O2.C4H6O2.C3H7N/c1-6(2)5-10-8(9)7(3)4;1-4(2)5(6)7-3;1-3(2)4(5)6;1-3-2-4-3/h6H,3,5H2,1-2,4H3;1H2,2-3H3;1H2,2H3,(H,5,6);3-4H,2H2,1H3. The normalized spacial score (nSPS) is 13.1. The number of rotatable bonds is 5. The van der Waals surface area contributed by atoms with Crippen LogP contribution in [0.4, 0.5) is 0 Å². The molecule has 0 saturated carbocycles. The van der Waals surface area contributed by atoms with E-state index in [0.717, 1.165) is 6.04 Å². The second-order valence-corrected chi connectivity index (χ2v) is 6.44. The van der Waals surface area contributed by atoms with Crippen LogP contribution in [-0.4, -0.2) is 49.3 Å². The maximum absolute atomic E-state index is 10.7. The first-order chi connectivity index (χ1) is 12.3. The zero-order valence-electron chi connectivity index (χ0n) is 17.7. The van der Waals surface area contributed by atoms with Gasteiger partial charge in [0.15, 0.2) is 0 Å². The van der Waals surface area contributed by atoms with E-state index in [-0.39, 0.29) is 17.5 Å². The van der Waals surface area contributed by atoms with Gasteiger partial charge in [0.05, 0.1) is 13.7 Å². The number of hydrogen-bond donors (Lipinski definition) is 2. The van der Waals surface area contributed by atoms with E-state index in [2.05, 4.69) is 36.7 Å². The van der Waals surface area contributed by atoms with Crippen molar-refractivity contribution in [3.63, 3.8) is 0 Å². The van der Waals surface area contributed by atoms with E-state index in [1.54, 1.807) is 13.8 Å². The van der Waals surface area contributed by atoms with Gasteiger partial charge in [-0.15, -0.1) is 0 Å². The molecule has 1 aliphatic rings. The molecular formula is C20H35NO6. The van der Waals surface area contributed by atoms with Gasteiger partial charge in [-0.3, -0.25) is 0 Å². The van der Waals surface area contributed by atoms with Crippen molar-refractivity contribution in [3.05, 3.63) is 36.5 Å². The van der Waals surface area contributed by atoms with Crippen LogP contribution in [0.15, 0.2) is 36.5 Å². The van der Waals surface area contributed by atoms with Crippen molar-refractivity contribution < 1.29 is 29.0 Å². The van der Waals surface area contributed by atoms with Gasteiger partial charge in [-0.1, -0.05) is 33.6 Å². The number of carboxylic acid groups (broad SMARTS) is 1. The van der Waals surface area contributed by atoms with Crippen LogP contribution in [0.1, 0.15) is 41.5 Å². The molecule has 27 heavy (non-hydrogen) atoms. The van der Waals surface area contributed by atoms with Gasteiger partial charge >= 0.3 is 17.9 Å². The SMILES string of the molecule is C=C(C)C(=O)O.C=C(C)C(=O)OC.C=C(C)C(=O)OCC(C)C.CC1CN1. The molecule has 1 aliphatic heterocycles. The van der Waals surface area contributed by atoms with Gasteiger partial charge in [0.1, 0.15) is 0 Å². The van der Waals surface area contributed by atoms with E-state index < -0.39 is 5.97 Å². The molecule has 0 aromatic heterocycles. The number of carbonyl (C=O) groups excluding carboxylic acids is 2. The van der Waals surface area contributed by atoms with Gasteiger partial charge in [-0.05, 0) is 33.6 Å². The summed E-state index contributed by atoms with van der Waals surface area (Å²) in [4.78, 5) is 30.5. The highest BCUT2D eigenvalue weighted by atomic mass is 16.5. The summed E-state index contributed by atoms with van der Waals surface area (Å²) in [5, 5.41) is 11.0. The van der Waals surface area contributed by atoms with Gasteiger partial charge in [-0.25, -0.2) is 14.4 Å². The third-order valence-electron chi connectivity index (χ3n) is 2.41. The minimum Gasteiger partial charge on any atom is -0.478 e. The highest BCUT2D eigenvalue weighted by Gasteiger charge is 2.10. The zero-order chi connectivity index (χ0) is 22.2. The lowest BCUT2D eigenvalue weighted by Gasteiger charge is -2.05. The van der Waals surface area contributed by atoms with Crippen LogP contribution in [0.5, 0.6) is 0 Å². The largest absolute Gasteiger partial charge is 0.478 e. The number of aliphatic carboxylic acids is 1. The van der Waals surface area contributed by atoms with Crippen molar-refractivity contribution in [1.29, 1.82) is 0 Å². The van der Waals surface area contributed by atoms with Crippen LogP contribution < -0.4 is 5.32 Å². The van der Waals surface area contributed by atoms with Crippen LogP contribution in [0.2, 0.25) is 0 Å². The van der Waals surface area contributed by atoms with Crippen molar-refractivity contribution in [2.75, 3.05) is 20.3 Å². The average molecular weight is 386 g/mol. The van der Waals surface area contributed by atoms with E-state index in [4.69, 9.17) is 9.84 Å². The smallest absolute Gasteiger partial charge is 0.333 e. The van der Waals surface area contributed by atoms with Gasteiger partial charge < -0.3 is 19.9 Å². The van der Waals surface area contributed by atoms with Crippen molar-refractivity contribution >= 4 is 17.9 Å². The zero-order valence-corrected chi connectivity index (χ0v) is 17.7. The summed E-state index contributed by atoms with van der Waals surface area (Å²) in [5.74, 6) is -1.19. The molecule has 2 N–H and O–H groups in total. The maximum atomic E-state index is 10.7. The number of carboxylic acids is 1. The summed E-state index contributed by atoms with van der Waals surface area (Å²) in [6.07, 6.45) is 0. The van der Waals surface area contributed by atoms with E-state index in [1.165, 1.54) is 20.6 Å². The fourth-order valence-electron chi connectivity index (χ4n) is 0.658. The summed E-state index contributed by atoms with van der Waals surface area (Å²) < 4.78 is 9.10. The molecule has 0 aromatic rings. The fraction of sp³-hybridized carbons (Fsp3) is 0.550. The lowest BCUT2D eigenvalue weighted by molar-refractivity contribution is -0.140. The molecule has 156 valence electrons. The second-order valence-electron chi connectivity index (χ2n) is 6.44. The molecule has 0 amide bonds. The summed E-state index contributed by atoms with van der Waals surface area (Å²) in [6, 6.07) is 0.833. The molecule has 0 aromatic carbocycles. The topological polar surface area (TPSA) is 112 Å². The predicted octanol–water partition coefficient (Wildman–Crippen LogP) is 3.12. The molecule has 0 bridgehead atoms. The molecular weight excluding hydrogens is 350 g/mol. The Labute approximate surface area is 163 Å². The molecule has 1 heterocycles. The van der Waals surface area contributed by atoms with Crippen LogP contribution in [0.25, 0.3) is 0 Å². The highest BCUT2D eigenvalue weighted by molar-refractivity contribution is 5.87. The number of esters is 2. The Morgan fingerprint density at radius 3 is 1.48 bits per heavy atom. The number of carbonyl (C=O) groups is 3. The number of methoxy groups -OCH3 is 1. The lowest BCUT2D eigenvalue weighted by Crippen LogP contribution is -2.09. The van der Waals surface area contributed by atoms with E-state index in [0.29, 0.717) is 23.7 Å². The van der Waals surface area contributed by atoms with Crippen molar-refractivity contribution in [2.24, 2.45) is 5.92 Å². The Balaban J connectivity index is -0.000000298. The molecule has 0 aliphatic carbocycles. The van der Waals surface area contributed by atoms with Gasteiger partial charge in [0.2, 0.25) is 0 Å². The Morgan fingerprint density at radius 2 is 1.37 bits per heavy atom. The third kappa shape index (κ3) is 28.7. The molecule has 1 saturated heterocycles. The Hall–Kier alpha value is -2.41. The number of ether oxygens (including phenoxy) is 2. The maximum Gasteiger partial charge on any atom is 0.333 e. The quantitative estimate of drug-likeness (QED) is 0.425. The highest BCUT2D eigenvalue weighted by Crippen LogP contribution is 1.97. The number of nitrogens with one attached hydrogen (secondary N) is 1. The molecule has 7 heteroatoms. The van der Waals surface area contributed by atoms with Crippen molar-refractivity contribution in [1.82, 2.24) is 5.32 Å². The summed E-state index contributed by atoms with van der Waals surface area (Å²) in [5.41, 5.74) is 1.07. The van der Waals surface area contributed by atoms with Crippen LogP contribution in [0.3, 0.4) is 0 Å². The first-order valence-electron chi connectivity index (χ1n) is 8.44. The average Bonchev–Trinajstić information content (AvgIpc) is 3.35. The Morgan fingerprint density at radius 1 is 1.04 bits per heavy atom. The minimum absolute atomic E-state index is 0.176. The second kappa shape index (κ2) is 17.0. The summed E-state index contributed by atoms with van der Waals surface area (Å²) in [6.45, 7) is 22.5. The molecule has 0 spiro atoms. The molecule has 1 fully saturated rings. The molecule has 7 nitrogen and oxygen atoms in total. The Kier molecular flexibility index (Phi) is 18.5. The molecule has 1 unspecified atom stereocenters.